The number of halogens is 1. The van der Waals surface area contributed by atoms with Crippen LogP contribution < -0.4 is 11.5 Å². The monoisotopic (exact) mass is 150 g/mol. The smallest absolute Gasteiger partial charge is 0.244 e. The topological polar surface area (TPSA) is 69.1 Å². The Kier molecular flexibility index (Phi) is 7.01. The molecule has 0 radical (unpaired) electrons. The molecular weight excluding hydrogens is 140 g/mol. The van der Waals surface area contributed by atoms with Crippen LogP contribution in [0.3, 0.4) is 0 Å². The molecule has 54 valence electrons. The number of carbonyl (C=O) groups is 1. The molecule has 0 aromatic heterocycles. The fraction of sp³-hybridized carbons (Fsp3) is 0.400. The first-order valence-electron chi connectivity index (χ1n) is 2.36. The van der Waals surface area contributed by atoms with E-state index in [4.69, 9.17) is 11.5 Å². The average Bonchev–Trinajstić information content (AvgIpc) is 1.67. The van der Waals surface area contributed by atoms with Gasteiger partial charge in [0.15, 0.2) is 0 Å². The van der Waals surface area contributed by atoms with Crippen LogP contribution in [-0.2, 0) is 4.79 Å². The fourth-order valence-electron chi connectivity index (χ4n) is 0.297. The predicted molar refractivity (Wildman–Crippen MR) is 39.3 cm³/mol. The van der Waals surface area contributed by atoms with Crippen molar-refractivity contribution in [3.05, 3.63) is 12.2 Å². The molecule has 0 fully saturated rings. The molecule has 4 N–H and O–H groups in total. The minimum Gasteiger partial charge on any atom is -0.366 e. The van der Waals surface area contributed by atoms with Crippen LogP contribution in [0.1, 0.15) is 6.42 Å². The predicted octanol–water partition coefficient (Wildman–Crippen LogP) is -0.202. The fourth-order valence-corrected chi connectivity index (χ4v) is 0.297. The van der Waals surface area contributed by atoms with E-state index in [-0.39, 0.29) is 12.4 Å². The Hall–Kier alpha value is -0.540. The van der Waals surface area contributed by atoms with E-state index in [0.29, 0.717) is 18.5 Å². The van der Waals surface area contributed by atoms with Crippen LogP contribution in [0.15, 0.2) is 12.2 Å². The number of hydrogen-bond donors (Lipinski definition) is 2. The van der Waals surface area contributed by atoms with Crippen molar-refractivity contribution >= 4 is 18.3 Å². The van der Waals surface area contributed by atoms with E-state index in [0.717, 1.165) is 0 Å². The Morgan fingerprint density at radius 2 is 2.00 bits per heavy atom. The largest absolute Gasteiger partial charge is 0.366 e. The molecule has 0 aliphatic heterocycles. The second kappa shape index (κ2) is 5.59. The first-order valence-corrected chi connectivity index (χ1v) is 2.36. The summed E-state index contributed by atoms with van der Waals surface area (Å²) in [5.74, 6) is -0.463. The lowest BCUT2D eigenvalue weighted by atomic mass is 10.2. The van der Waals surface area contributed by atoms with Gasteiger partial charge < -0.3 is 11.5 Å². The zero-order valence-electron chi connectivity index (χ0n) is 5.09. The highest BCUT2D eigenvalue weighted by molar-refractivity contribution is 5.91. The van der Waals surface area contributed by atoms with Crippen molar-refractivity contribution in [2.75, 3.05) is 6.54 Å². The zero-order valence-corrected chi connectivity index (χ0v) is 5.91. The maximum atomic E-state index is 10.2. The van der Waals surface area contributed by atoms with Gasteiger partial charge in [-0.2, -0.15) is 0 Å². The Morgan fingerprint density at radius 1 is 1.56 bits per heavy atom. The molecule has 0 saturated carbocycles. The first-order chi connectivity index (χ1) is 3.68. The van der Waals surface area contributed by atoms with Crippen molar-refractivity contribution in [2.24, 2.45) is 11.5 Å². The summed E-state index contributed by atoms with van der Waals surface area (Å²) in [5, 5.41) is 0. The zero-order chi connectivity index (χ0) is 6.57. The summed E-state index contributed by atoms with van der Waals surface area (Å²) >= 11 is 0. The molecule has 0 aromatic rings. The number of primary amides is 1. The van der Waals surface area contributed by atoms with Crippen LogP contribution in [-0.4, -0.2) is 12.5 Å². The number of rotatable bonds is 3. The minimum atomic E-state index is -0.463. The van der Waals surface area contributed by atoms with Gasteiger partial charge in [0, 0.05) is 5.57 Å². The molecule has 3 nitrogen and oxygen atoms in total. The molecule has 0 rings (SSSR count). The second-order valence-electron chi connectivity index (χ2n) is 1.51. The van der Waals surface area contributed by atoms with Crippen LogP contribution >= 0.6 is 12.4 Å². The summed E-state index contributed by atoms with van der Waals surface area (Å²) in [7, 11) is 0. The molecule has 0 aliphatic rings. The molecule has 0 aliphatic carbocycles. The second-order valence-corrected chi connectivity index (χ2v) is 1.51. The number of carbonyl (C=O) groups excluding carboxylic acids is 1. The van der Waals surface area contributed by atoms with E-state index in [1.54, 1.807) is 0 Å². The molecule has 0 atom stereocenters. The van der Waals surface area contributed by atoms with Gasteiger partial charge in [-0.3, -0.25) is 4.79 Å². The number of amides is 1. The van der Waals surface area contributed by atoms with Crippen molar-refractivity contribution in [3.63, 3.8) is 0 Å². The maximum Gasteiger partial charge on any atom is 0.244 e. The molecule has 4 heteroatoms. The van der Waals surface area contributed by atoms with Gasteiger partial charge in [-0.1, -0.05) is 6.58 Å². The number of hydrogen-bond acceptors (Lipinski definition) is 2. The minimum absolute atomic E-state index is 0. The van der Waals surface area contributed by atoms with E-state index in [2.05, 4.69) is 6.58 Å². The van der Waals surface area contributed by atoms with Crippen LogP contribution in [0.4, 0.5) is 0 Å². The lowest BCUT2D eigenvalue weighted by Gasteiger charge is -1.93. The van der Waals surface area contributed by atoms with E-state index in [1.165, 1.54) is 0 Å². The van der Waals surface area contributed by atoms with Gasteiger partial charge in [-0.05, 0) is 13.0 Å². The van der Waals surface area contributed by atoms with Gasteiger partial charge in [0.1, 0.15) is 0 Å². The van der Waals surface area contributed by atoms with Crippen molar-refractivity contribution in [1.82, 2.24) is 0 Å². The normalized spacial score (nSPS) is 7.67. The van der Waals surface area contributed by atoms with E-state index in [9.17, 15) is 4.79 Å². The molecular formula is C5H11ClN2O. The summed E-state index contributed by atoms with van der Waals surface area (Å²) in [5.41, 5.74) is 10.3. The van der Waals surface area contributed by atoms with Crippen LogP contribution in [0, 0.1) is 0 Å². The van der Waals surface area contributed by atoms with Crippen LogP contribution in [0.25, 0.3) is 0 Å². The van der Waals surface area contributed by atoms with Crippen LogP contribution in [0.2, 0.25) is 0 Å². The molecule has 0 aromatic carbocycles. The van der Waals surface area contributed by atoms with E-state index < -0.39 is 5.91 Å². The SMILES string of the molecule is C=C(CCN)C(N)=O.Cl. The van der Waals surface area contributed by atoms with Crippen LogP contribution in [0.5, 0.6) is 0 Å². The van der Waals surface area contributed by atoms with Gasteiger partial charge in [0.25, 0.3) is 0 Å². The maximum absolute atomic E-state index is 10.2. The highest BCUT2D eigenvalue weighted by Crippen LogP contribution is 1.91. The summed E-state index contributed by atoms with van der Waals surface area (Å²) in [4.78, 5) is 10.2. The Balaban J connectivity index is 0. The lowest BCUT2D eigenvalue weighted by molar-refractivity contribution is -0.114. The quantitative estimate of drug-likeness (QED) is 0.547. The Labute approximate surface area is 60.5 Å². The van der Waals surface area contributed by atoms with E-state index in [1.807, 2.05) is 0 Å². The summed E-state index contributed by atoms with van der Waals surface area (Å²) < 4.78 is 0. The summed E-state index contributed by atoms with van der Waals surface area (Å²) in [6, 6.07) is 0. The summed E-state index contributed by atoms with van der Waals surface area (Å²) in [6.45, 7) is 3.82. The average molecular weight is 151 g/mol. The Morgan fingerprint density at radius 3 is 2.11 bits per heavy atom. The molecule has 0 heterocycles. The van der Waals surface area contributed by atoms with Gasteiger partial charge in [0.05, 0.1) is 0 Å². The molecule has 0 unspecified atom stereocenters. The van der Waals surface area contributed by atoms with Gasteiger partial charge in [-0.15, -0.1) is 12.4 Å². The molecule has 1 amide bonds. The molecule has 0 bridgehead atoms. The van der Waals surface area contributed by atoms with E-state index >= 15 is 0 Å². The first kappa shape index (κ1) is 11.3. The van der Waals surface area contributed by atoms with Gasteiger partial charge >= 0.3 is 0 Å². The van der Waals surface area contributed by atoms with Gasteiger partial charge in [-0.25, -0.2) is 0 Å². The third-order valence-electron chi connectivity index (χ3n) is 0.795. The summed E-state index contributed by atoms with van der Waals surface area (Å²) in [6.07, 6.45) is 0.495. The van der Waals surface area contributed by atoms with Crippen molar-refractivity contribution < 1.29 is 4.79 Å². The highest BCUT2D eigenvalue weighted by Gasteiger charge is 1.96. The molecule has 0 saturated heterocycles. The van der Waals surface area contributed by atoms with Crippen molar-refractivity contribution in [2.45, 2.75) is 6.42 Å². The Bertz CT molecular complexity index is 114. The molecule has 0 spiro atoms. The highest BCUT2D eigenvalue weighted by atomic mass is 35.5. The van der Waals surface area contributed by atoms with Gasteiger partial charge in [0.2, 0.25) is 5.91 Å². The third-order valence-corrected chi connectivity index (χ3v) is 0.795. The van der Waals surface area contributed by atoms with Crippen molar-refractivity contribution in [1.29, 1.82) is 0 Å². The van der Waals surface area contributed by atoms with Crippen molar-refractivity contribution in [3.8, 4) is 0 Å². The lowest BCUT2D eigenvalue weighted by Crippen LogP contribution is -2.15. The third kappa shape index (κ3) is 5.33. The molecule has 9 heavy (non-hydrogen) atoms. The standard InChI is InChI=1S/C5H10N2O.ClH/c1-4(2-3-6)5(7)8;/h1-3,6H2,(H2,7,8);1H. The number of nitrogens with two attached hydrogens (primary N) is 2.